The van der Waals surface area contributed by atoms with E-state index in [0.29, 0.717) is 48.2 Å². The zero-order valence-corrected chi connectivity index (χ0v) is 23.7. The molecule has 0 radical (unpaired) electrons. The number of anilines is 3. The lowest BCUT2D eigenvalue weighted by molar-refractivity contribution is -0.0234. The molecule has 2 N–H and O–H groups in total. The van der Waals surface area contributed by atoms with Gasteiger partial charge in [-0.3, -0.25) is 9.69 Å². The van der Waals surface area contributed by atoms with Crippen LogP contribution in [0.4, 0.5) is 27.0 Å². The number of hydrogen-bond acceptors (Lipinski definition) is 8. The minimum atomic E-state index is -0.900. The Kier molecular flexibility index (Phi) is 6.21. The van der Waals surface area contributed by atoms with E-state index in [4.69, 9.17) is 9.72 Å². The molecule has 3 amide bonds. The molecule has 13 nitrogen and oxygen atoms in total. The van der Waals surface area contributed by atoms with Gasteiger partial charge < -0.3 is 29.5 Å². The van der Waals surface area contributed by atoms with Gasteiger partial charge in [0.2, 0.25) is 5.95 Å². The smallest absolute Gasteiger partial charge is 0.415 e. The van der Waals surface area contributed by atoms with Crippen LogP contribution in [-0.2, 0) is 4.74 Å². The molecule has 2 unspecified atom stereocenters. The molecule has 13 heteroatoms. The molecule has 4 aliphatic rings. The second-order valence-electron chi connectivity index (χ2n) is 12.2. The number of piperidine rings is 1. The van der Waals surface area contributed by atoms with E-state index in [2.05, 4.69) is 19.9 Å². The molecule has 42 heavy (non-hydrogen) atoms. The maximum atomic E-state index is 13.0. The predicted molar refractivity (Wildman–Crippen MR) is 153 cm³/mol. The van der Waals surface area contributed by atoms with Crippen molar-refractivity contribution in [2.75, 3.05) is 30.9 Å². The van der Waals surface area contributed by atoms with Gasteiger partial charge in [-0.05, 0) is 43.9 Å². The lowest BCUT2D eigenvalue weighted by Gasteiger charge is -2.41. The van der Waals surface area contributed by atoms with Gasteiger partial charge >= 0.3 is 12.2 Å². The Labute approximate surface area is 242 Å². The highest BCUT2D eigenvalue weighted by atomic mass is 16.6. The molecule has 1 saturated carbocycles. The van der Waals surface area contributed by atoms with E-state index in [1.165, 1.54) is 4.90 Å². The summed E-state index contributed by atoms with van der Waals surface area (Å²) in [6.07, 6.45) is 8.86. The lowest BCUT2D eigenvalue weighted by Crippen LogP contribution is -2.54. The standard InChI is InChI=1S/C29H34N8O5/c1-34(2)25(38)22-11-17-14-31-26(33-24(17)37(22)18-5-3-4-6-18)32-23-10-9-21(15-30-23)35-16-29(42-28(35)41)12-19-7-8-20(13-29)36(19)27(39)40/h9-11,14-15,18-20H,3-8,12-13,16H2,1-2H3,(H,39,40)(H,30,31,32,33). The highest BCUT2D eigenvalue weighted by Gasteiger charge is 2.56. The molecule has 3 aliphatic heterocycles. The molecule has 0 aromatic carbocycles. The Morgan fingerprint density at radius 3 is 2.43 bits per heavy atom. The van der Waals surface area contributed by atoms with Gasteiger partial charge in [0.05, 0.1) is 18.4 Å². The van der Waals surface area contributed by atoms with Gasteiger partial charge in [-0.25, -0.2) is 19.6 Å². The molecule has 1 aliphatic carbocycles. The van der Waals surface area contributed by atoms with Gasteiger partial charge in [0.25, 0.3) is 5.91 Å². The Hall–Kier alpha value is -4.42. The fourth-order valence-corrected chi connectivity index (χ4v) is 7.38. The first kappa shape index (κ1) is 26.5. The number of aromatic nitrogens is 4. The summed E-state index contributed by atoms with van der Waals surface area (Å²) in [5.74, 6) is 0.815. The number of carbonyl (C=O) groups is 3. The van der Waals surface area contributed by atoms with E-state index in [9.17, 15) is 19.5 Å². The average Bonchev–Trinajstić information content (AvgIpc) is 3.73. The Bertz CT molecular complexity index is 1550. The van der Waals surface area contributed by atoms with Gasteiger partial charge in [0.1, 0.15) is 22.8 Å². The van der Waals surface area contributed by atoms with Crippen molar-refractivity contribution in [2.24, 2.45) is 0 Å². The molecule has 3 saturated heterocycles. The minimum absolute atomic E-state index is 0.0611. The van der Waals surface area contributed by atoms with Crippen molar-refractivity contribution in [1.82, 2.24) is 29.3 Å². The quantitative estimate of drug-likeness (QED) is 0.453. The SMILES string of the molecule is CN(C)C(=O)c1cc2cnc(Nc3ccc(N4CC5(CC6CCC(C5)N6C(=O)O)OC4=O)cn3)nc2n1C1CCCC1. The number of nitrogens with zero attached hydrogens (tertiary/aromatic N) is 7. The van der Waals surface area contributed by atoms with Crippen molar-refractivity contribution in [1.29, 1.82) is 0 Å². The van der Waals surface area contributed by atoms with E-state index >= 15 is 0 Å². The summed E-state index contributed by atoms with van der Waals surface area (Å²) in [5, 5.41) is 13.6. The highest BCUT2D eigenvalue weighted by Crippen LogP contribution is 2.46. The Balaban J connectivity index is 1.09. The molecule has 3 aromatic heterocycles. The number of nitrogens with one attached hydrogen (secondary N) is 1. The number of fused-ring (bicyclic) bond motifs is 3. The van der Waals surface area contributed by atoms with Crippen LogP contribution in [0.25, 0.3) is 11.0 Å². The molecule has 2 atom stereocenters. The number of hydrogen-bond donors (Lipinski definition) is 2. The second kappa shape index (κ2) is 9.85. The van der Waals surface area contributed by atoms with Crippen LogP contribution in [0.2, 0.25) is 0 Å². The van der Waals surface area contributed by atoms with Gasteiger partial charge in [-0.15, -0.1) is 0 Å². The highest BCUT2D eigenvalue weighted by molar-refractivity contribution is 5.98. The second-order valence-corrected chi connectivity index (χ2v) is 12.2. The molecule has 3 aromatic rings. The monoisotopic (exact) mass is 574 g/mol. The number of rotatable bonds is 5. The first-order chi connectivity index (χ1) is 20.2. The summed E-state index contributed by atoms with van der Waals surface area (Å²) in [4.78, 5) is 56.0. The third-order valence-corrected chi connectivity index (χ3v) is 9.22. The molecule has 6 heterocycles. The normalized spacial score (nSPS) is 25.4. The van der Waals surface area contributed by atoms with Crippen molar-refractivity contribution in [3.63, 3.8) is 0 Å². The van der Waals surface area contributed by atoms with Crippen LogP contribution < -0.4 is 10.2 Å². The van der Waals surface area contributed by atoms with Crippen molar-refractivity contribution in [2.45, 2.75) is 75.1 Å². The fraction of sp³-hybridized carbons (Fsp3) is 0.517. The minimum Gasteiger partial charge on any atom is -0.465 e. The van der Waals surface area contributed by atoms with Gasteiger partial charge in [0.15, 0.2) is 0 Å². The third kappa shape index (κ3) is 4.38. The number of pyridine rings is 1. The lowest BCUT2D eigenvalue weighted by atomic mass is 9.86. The number of amides is 3. The summed E-state index contributed by atoms with van der Waals surface area (Å²) >= 11 is 0. The molecular weight excluding hydrogens is 540 g/mol. The maximum absolute atomic E-state index is 13.0. The molecule has 7 rings (SSSR count). The fourth-order valence-electron chi connectivity index (χ4n) is 7.38. The molecule has 4 fully saturated rings. The first-order valence-electron chi connectivity index (χ1n) is 14.6. The van der Waals surface area contributed by atoms with Crippen LogP contribution >= 0.6 is 0 Å². The van der Waals surface area contributed by atoms with Crippen molar-refractivity contribution in [3.05, 3.63) is 36.3 Å². The topological polar surface area (TPSA) is 146 Å². The van der Waals surface area contributed by atoms with Crippen LogP contribution in [0.1, 0.15) is 67.9 Å². The summed E-state index contributed by atoms with van der Waals surface area (Å²) in [6.45, 7) is 0.368. The average molecular weight is 575 g/mol. The summed E-state index contributed by atoms with van der Waals surface area (Å²) in [7, 11) is 3.50. The predicted octanol–water partition coefficient (Wildman–Crippen LogP) is 4.39. The molecule has 2 bridgehead atoms. The van der Waals surface area contributed by atoms with Crippen molar-refractivity contribution < 1.29 is 24.2 Å². The summed E-state index contributed by atoms with van der Waals surface area (Å²) < 4.78 is 7.96. The van der Waals surface area contributed by atoms with E-state index in [0.717, 1.165) is 43.9 Å². The van der Waals surface area contributed by atoms with Crippen LogP contribution in [0, 0.1) is 0 Å². The zero-order chi connectivity index (χ0) is 29.2. The van der Waals surface area contributed by atoms with Crippen molar-refractivity contribution >= 4 is 46.6 Å². The van der Waals surface area contributed by atoms with Crippen LogP contribution in [0.15, 0.2) is 30.6 Å². The Morgan fingerprint density at radius 2 is 1.79 bits per heavy atom. The van der Waals surface area contributed by atoms with Crippen LogP contribution in [-0.4, -0.2) is 90.8 Å². The van der Waals surface area contributed by atoms with E-state index in [-0.39, 0.29) is 24.0 Å². The van der Waals surface area contributed by atoms with E-state index in [1.54, 1.807) is 48.4 Å². The molecule has 1 spiro atoms. The number of carboxylic acid groups (broad SMARTS) is 1. The van der Waals surface area contributed by atoms with Gasteiger partial charge in [0, 0.05) is 56.6 Å². The molecular formula is C29H34N8O5. The third-order valence-electron chi connectivity index (χ3n) is 9.22. The largest absolute Gasteiger partial charge is 0.465 e. The first-order valence-corrected chi connectivity index (χ1v) is 14.6. The number of carbonyl (C=O) groups excluding carboxylic acids is 2. The molecule has 220 valence electrons. The summed E-state index contributed by atoms with van der Waals surface area (Å²) in [6, 6.07) is 5.40. The Morgan fingerprint density at radius 1 is 1.05 bits per heavy atom. The van der Waals surface area contributed by atoms with Crippen molar-refractivity contribution in [3.8, 4) is 0 Å². The van der Waals surface area contributed by atoms with E-state index < -0.39 is 17.8 Å². The van der Waals surface area contributed by atoms with Crippen LogP contribution in [0.5, 0.6) is 0 Å². The number of ether oxygens (including phenoxy) is 1. The van der Waals surface area contributed by atoms with E-state index in [1.807, 2.05) is 6.07 Å². The van der Waals surface area contributed by atoms with Gasteiger partial charge in [-0.2, -0.15) is 4.98 Å². The zero-order valence-electron chi connectivity index (χ0n) is 23.7. The van der Waals surface area contributed by atoms with Crippen LogP contribution in [0.3, 0.4) is 0 Å². The maximum Gasteiger partial charge on any atom is 0.415 e. The van der Waals surface area contributed by atoms with Gasteiger partial charge in [-0.1, -0.05) is 12.8 Å². The summed E-state index contributed by atoms with van der Waals surface area (Å²) in [5.41, 5.74) is 1.26.